The van der Waals surface area contributed by atoms with Crippen molar-refractivity contribution in [1.29, 1.82) is 0 Å². The van der Waals surface area contributed by atoms with Gasteiger partial charge >= 0.3 is 0 Å². The van der Waals surface area contributed by atoms with E-state index in [4.69, 9.17) is 16.3 Å². The molecule has 0 aliphatic carbocycles. The molecule has 0 saturated carbocycles. The van der Waals surface area contributed by atoms with E-state index in [2.05, 4.69) is 13.5 Å². The summed E-state index contributed by atoms with van der Waals surface area (Å²) in [7, 11) is 0. The minimum absolute atomic E-state index is 0.214. The Morgan fingerprint density at radius 2 is 2.23 bits per heavy atom. The summed E-state index contributed by atoms with van der Waals surface area (Å²) in [5, 5.41) is 0. The molecule has 0 aromatic rings. The molecule has 0 N–H and O–H groups in total. The average Bonchev–Trinajstić information content (AvgIpc) is 2.15. The number of alkyl halides is 1. The first kappa shape index (κ1) is 12.5. The van der Waals surface area contributed by atoms with Gasteiger partial charge < -0.3 is 9.53 Å². The highest BCUT2D eigenvalue weighted by Crippen LogP contribution is 2.21. The second-order valence-corrected chi connectivity index (χ2v) is 3.84. The number of unbranched alkanes of at least 4 members (excludes halogenated alkanes) is 2. The van der Waals surface area contributed by atoms with Gasteiger partial charge in [0, 0.05) is 0 Å². The molecule has 0 spiro atoms. The number of aldehydes is 1. The van der Waals surface area contributed by atoms with Crippen LogP contribution in [0.15, 0.2) is 12.8 Å². The normalized spacial score (nSPS) is 14.6. The van der Waals surface area contributed by atoms with E-state index >= 15 is 0 Å². The molecule has 0 aromatic heterocycles. The predicted molar refractivity (Wildman–Crippen MR) is 54.9 cm³/mol. The fraction of sp³-hybridized carbons (Fsp3) is 0.700. The first-order valence-electron chi connectivity index (χ1n) is 4.56. The molecule has 0 rings (SSSR count). The van der Waals surface area contributed by atoms with Crippen LogP contribution in [0.4, 0.5) is 0 Å². The Labute approximate surface area is 84.9 Å². The van der Waals surface area contributed by atoms with E-state index in [1.165, 1.54) is 6.26 Å². The van der Waals surface area contributed by atoms with Crippen molar-refractivity contribution in [2.45, 2.75) is 37.5 Å². The lowest BCUT2D eigenvalue weighted by Crippen LogP contribution is -2.29. The van der Waals surface area contributed by atoms with Gasteiger partial charge in [-0.25, -0.2) is 0 Å². The first-order chi connectivity index (χ1) is 6.18. The highest BCUT2D eigenvalue weighted by atomic mass is 35.5. The van der Waals surface area contributed by atoms with Crippen molar-refractivity contribution in [2.75, 3.05) is 6.61 Å². The van der Waals surface area contributed by atoms with Crippen LogP contribution in [0.25, 0.3) is 0 Å². The molecule has 13 heavy (non-hydrogen) atoms. The first-order valence-corrected chi connectivity index (χ1v) is 4.94. The third kappa shape index (κ3) is 5.69. The van der Waals surface area contributed by atoms with Crippen LogP contribution in [0.2, 0.25) is 0 Å². The van der Waals surface area contributed by atoms with E-state index < -0.39 is 4.87 Å². The molecule has 0 aliphatic rings. The molecule has 2 nitrogen and oxygen atoms in total. The average molecular weight is 205 g/mol. The third-order valence-electron chi connectivity index (χ3n) is 1.85. The van der Waals surface area contributed by atoms with Crippen molar-refractivity contribution < 1.29 is 9.53 Å². The van der Waals surface area contributed by atoms with Crippen molar-refractivity contribution in [2.24, 2.45) is 0 Å². The number of rotatable bonds is 8. The van der Waals surface area contributed by atoms with E-state index in [0.717, 1.165) is 25.5 Å². The van der Waals surface area contributed by atoms with E-state index in [1.807, 2.05) is 0 Å². The van der Waals surface area contributed by atoms with Gasteiger partial charge in [0.05, 0.1) is 6.26 Å². The molecule has 0 bridgehead atoms. The maximum Gasteiger partial charge on any atom is 0.144 e. The van der Waals surface area contributed by atoms with Crippen molar-refractivity contribution in [3.8, 4) is 0 Å². The zero-order valence-electron chi connectivity index (χ0n) is 8.09. The molecule has 0 aliphatic heterocycles. The van der Waals surface area contributed by atoms with Gasteiger partial charge in [0.25, 0.3) is 0 Å². The van der Waals surface area contributed by atoms with Crippen molar-refractivity contribution in [3.05, 3.63) is 12.8 Å². The van der Waals surface area contributed by atoms with Gasteiger partial charge in [0.15, 0.2) is 0 Å². The van der Waals surface area contributed by atoms with Gasteiger partial charge in [-0.1, -0.05) is 32.8 Å². The van der Waals surface area contributed by atoms with Crippen molar-refractivity contribution in [3.63, 3.8) is 0 Å². The zero-order chi connectivity index (χ0) is 10.2. The summed E-state index contributed by atoms with van der Waals surface area (Å²) in [6.45, 7) is 5.72. The maximum atomic E-state index is 10.7. The maximum absolute atomic E-state index is 10.7. The van der Waals surface area contributed by atoms with E-state index in [1.54, 1.807) is 0 Å². The largest absolute Gasteiger partial charge is 0.500 e. The number of carbonyl (C=O) groups is 1. The van der Waals surface area contributed by atoms with Crippen LogP contribution < -0.4 is 0 Å². The summed E-state index contributed by atoms with van der Waals surface area (Å²) in [5.41, 5.74) is 0. The lowest BCUT2D eigenvalue weighted by Gasteiger charge is -2.19. The van der Waals surface area contributed by atoms with Crippen LogP contribution in [0.5, 0.6) is 0 Å². The smallest absolute Gasteiger partial charge is 0.144 e. The molecule has 1 unspecified atom stereocenters. The standard InChI is InChI=1S/C10H17ClO2/c1-3-5-6-7-10(11,8-12)9-13-4-2/h4,8H,2-3,5-7,9H2,1H3. The molecule has 0 saturated heterocycles. The Kier molecular flexibility index (Phi) is 6.69. The summed E-state index contributed by atoms with van der Waals surface area (Å²) in [4.78, 5) is 9.82. The molecule has 0 heterocycles. The van der Waals surface area contributed by atoms with Crippen LogP contribution in [0.3, 0.4) is 0 Å². The van der Waals surface area contributed by atoms with Gasteiger partial charge in [-0.15, -0.1) is 11.6 Å². The molecule has 3 heteroatoms. The van der Waals surface area contributed by atoms with Crippen molar-refractivity contribution >= 4 is 17.9 Å². The minimum atomic E-state index is -0.858. The van der Waals surface area contributed by atoms with Gasteiger partial charge in [0.1, 0.15) is 17.8 Å². The SMILES string of the molecule is C=COCC(Cl)(C=O)CCCCC. The molecular weight excluding hydrogens is 188 g/mol. The Balaban J connectivity index is 3.80. The summed E-state index contributed by atoms with van der Waals surface area (Å²) in [6.07, 6.45) is 5.90. The predicted octanol–water partition coefficient (Wildman–Crippen LogP) is 2.90. The summed E-state index contributed by atoms with van der Waals surface area (Å²) in [5.74, 6) is 0. The van der Waals surface area contributed by atoms with Crippen LogP contribution in [0.1, 0.15) is 32.6 Å². The quantitative estimate of drug-likeness (QED) is 0.263. The summed E-state index contributed by atoms with van der Waals surface area (Å²) in [6, 6.07) is 0. The Hall–Kier alpha value is -0.500. The van der Waals surface area contributed by atoms with Crippen LogP contribution >= 0.6 is 11.6 Å². The number of carbonyl (C=O) groups excluding carboxylic acids is 1. The van der Waals surface area contributed by atoms with Gasteiger partial charge in [-0.3, -0.25) is 0 Å². The van der Waals surface area contributed by atoms with E-state index in [-0.39, 0.29) is 6.61 Å². The fourth-order valence-electron chi connectivity index (χ4n) is 1.03. The second kappa shape index (κ2) is 6.96. The Morgan fingerprint density at radius 1 is 1.54 bits per heavy atom. The molecular formula is C10H17ClO2. The number of halogens is 1. The minimum Gasteiger partial charge on any atom is -0.500 e. The van der Waals surface area contributed by atoms with Crippen LogP contribution in [-0.4, -0.2) is 17.8 Å². The lowest BCUT2D eigenvalue weighted by atomic mass is 10.0. The Morgan fingerprint density at radius 3 is 2.69 bits per heavy atom. The van der Waals surface area contributed by atoms with Gasteiger partial charge in [-0.05, 0) is 6.42 Å². The summed E-state index contributed by atoms with van der Waals surface area (Å²) < 4.78 is 4.92. The van der Waals surface area contributed by atoms with Crippen LogP contribution in [0, 0.1) is 0 Å². The number of hydrogen-bond donors (Lipinski definition) is 0. The second-order valence-electron chi connectivity index (χ2n) is 3.09. The molecule has 76 valence electrons. The molecule has 1 atom stereocenters. The molecule has 0 radical (unpaired) electrons. The highest BCUT2D eigenvalue weighted by molar-refractivity contribution is 6.31. The third-order valence-corrected chi connectivity index (χ3v) is 2.24. The summed E-state index contributed by atoms with van der Waals surface area (Å²) >= 11 is 6.00. The van der Waals surface area contributed by atoms with Crippen LogP contribution in [-0.2, 0) is 9.53 Å². The fourth-order valence-corrected chi connectivity index (χ4v) is 1.23. The lowest BCUT2D eigenvalue weighted by molar-refractivity contribution is -0.111. The molecule has 0 aromatic carbocycles. The van der Waals surface area contributed by atoms with E-state index in [9.17, 15) is 4.79 Å². The van der Waals surface area contributed by atoms with Gasteiger partial charge in [-0.2, -0.15) is 0 Å². The number of hydrogen-bond acceptors (Lipinski definition) is 2. The molecule has 0 amide bonds. The zero-order valence-corrected chi connectivity index (χ0v) is 8.85. The highest BCUT2D eigenvalue weighted by Gasteiger charge is 2.26. The molecule has 0 fully saturated rings. The monoisotopic (exact) mass is 204 g/mol. The van der Waals surface area contributed by atoms with Gasteiger partial charge in [0.2, 0.25) is 0 Å². The van der Waals surface area contributed by atoms with Crippen molar-refractivity contribution in [1.82, 2.24) is 0 Å². The topological polar surface area (TPSA) is 26.3 Å². The van der Waals surface area contributed by atoms with E-state index in [0.29, 0.717) is 6.42 Å². The Bertz CT molecular complexity index is 159. The number of ether oxygens (including phenoxy) is 1.